The molecular weight excluding hydrogens is 384 g/mol. The number of fused-ring (bicyclic) bond motifs is 5. The predicted molar refractivity (Wildman–Crippen MR) is 102 cm³/mol. The van der Waals surface area contributed by atoms with Gasteiger partial charge in [-0.2, -0.15) is 0 Å². The zero-order chi connectivity index (χ0) is 20.1. The molecule has 28 heavy (non-hydrogen) atoms. The van der Waals surface area contributed by atoms with Gasteiger partial charge in [-0.15, -0.1) is 0 Å². The summed E-state index contributed by atoms with van der Waals surface area (Å²) in [6.07, 6.45) is 2.52. The molecule has 0 aromatic heterocycles. The van der Waals surface area contributed by atoms with E-state index < -0.39 is 29.6 Å². The molecule has 4 rings (SSSR count). The number of imide groups is 1. The summed E-state index contributed by atoms with van der Waals surface area (Å²) < 4.78 is 11.1. The van der Waals surface area contributed by atoms with Gasteiger partial charge in [-0.05, 0) is 30.2 Å². The van der Waals surface area contributed by atoms with Crippen LogP contribution in [0.1, 0.15) is 13.8 Å². The molecule has 0 saturated carbocycles. The van der Waals surface area contributed by atoms with Crippen molar-refractivity contribution in [3.8, 4) is 0 Å². The fraction of sp³-hybridized carbons (Fsp3) is 0.450. The molecule has 3 aliphatic rings. The second-order valence-corrected chi connectivity index (χ2v) is 8.17. The molecule has 3 aliphatic heterocycles. The Kier molecular flexibility index (Phi) is 4.67. The van der Waals surface area contributed by atoms with Gasteiger partial charge in [0.25, 0.3) is 0 Å². The van der Waals surface area contributed by atoms with Crippen LogP contribution in [0.3, 0.4) is 0 Å². The molecule has 4 atom stereocenters. The minimum Gasteiger partial charge on any atom is -0.449 e. The van der Waals surface area contributed by atoms with Crippen LogP contribution in [-0.4, -0.2) is 42.8 Å². The molecular formula is C20H21ClN2O5. The van der Waals surface area contributed by atoms with Crippen LogP contribution >= 0.6 is 11.6 Å². The molecule has 0 unspecified atom stereocenters. The van der Waals surface area contributed by atoms with E-state index in [1.54, 1.807) is 36.4 Å². The van der Waals surface area contributed by atoms with E-state index in [0.717, 1.165) is 0 Å². The zero-order valence-electron chi connectivity index (χ0n) is 15.6. The normalized spacial score (nSPS) is 30.3. The Morgan fingerprint density at radius 3 is 2.68 bits per heavy atom. The Labute approximate surface area is 167 Å². The largest absolute Gasteiger partial charge is 0.449 e. The molecule has 2 saturated heterocycles. The van der Waals surface area contributed by atoms with E-state index in [9.17, 15) is 14.4 Å². The third-order valence-electron chi connectivity index (χ3n) is 5.30. The number of amides is 3. The summed E-state index contributed by atoms with van der Waals surface area (Å²) >= 11 is 5.91. The molecule has 1 aromatic rings. The van der Waals surface area contributed by atoms with E-state index in [4.69, 9.17) is 21.1 Å². The van der Waals surface area contributed by atoms with Crippen molar-refractivity contribution in [2.45, 2.75) is 25.6 Å². The number of hydrogen-bond acceptors (Lipinski definition) is 5. The molecule has 8 heteroatoms. The first-order valence-corrected chi connectivity index (χ1v) is 9.61. The van der Waals surface area contributed by atoms with Crippen molar-refractivity contribution < 1.29 is 23.9 Å². The number of carbonyl (C=O) groups is 3. The van der Waals surface area contributed by atoms with E-state index in [-0.39, 0.29) is 24.3 Å². The maximum absolute atomic E-state index is 13.2. The second kappa shape index (κ2) is 6.90. The topological polar surface area (TPSA) is 84.9 Å². The Balaban J connectivity index is 1.53. The molecule has 148 valence electrons. The minimum absolute atomic E-state index is 0.0611. The quantitative estimate of drug-likeness (QED) is 0.602. The number of ether oxygens (including phenoxy) is 2. The molecule has 2 bridgehead atoms. The number of rotatable bonds is 5. The van der Waals surface area contributed by atoms with E-state index in [2.05, 4.69) is 5.32 Å². The number of halogens is 1. The Morgan fingerprint density at radius 1 is 1.29 bits per heavy atom. The average molecular weight is 405 g/mol. The lowest BCUT2D eigenvalue weighted by Crippen LogP contribution is -2.49. The third-order valence-corrected chi connectivity index (χ3v) is 5.55. The number of carbonyl (C=O) groups excluding carboxylic acids is 3. The van der Waals surface area contributed by atoms with E-state index in [0.29, 0.717) is 17.3 Å². The highest BCUT2D eigenvalue weighted by molar-refractivity contribution is 6.31. The number of anilines is 1. The summed E-state index contributed by atoms with van der Waals surface area (Å²) in [7, 11) is 0. The van der Waals surface area contributed by atoms with Gasteiger partial charge in [0.05, 0.1) is 36.8 Å². The van der Waals surface area contributed by atoms with Gasteiger partial charge in [0.2, 0.25) is 11.8 Å². The van der Waals surface area contributed by atoms with Crippen LogP contribution in [0.5, 0.6) is 0 Å². The van der Waals surface area contributed by atoms with Crippen LogP contribution in [-0.2, 0) is 19.1 Å². The maximum Gasteiger partial charge on any atom is 0.407 e. The Hall–Kier alpha value is -2.38. The van der Waals surface area contributed by atoms with Crippen molar-refractivity contribution in [3.05, 3.63) is 41.4 Å². The SMILES string of the molecule is CC(C)COC(=O)NC[C@]12C=C[C@H](O1)[C@H]1C(=O)N(c3ccc(Cl)cc3)C(=O)[C@H]12. The van der Waals surface area contributed by atoms with E-state index in [1.165, 1.54) is 4.90 Å². The number of alkyl carbamates (subject to hydrolysis) is 1. The summed E-state index contributed by atoms with van der Waals surface area (Å²) in [5.41, 5.74) is -0.562. The smallest absolute Gasteiger partial charge is 0.407 e. The number of benzene rings is 1. The highest BCUT2D eigenvalue weighted by Gasteiger charge is 2.67. The molecule has 1 N–H and O–H groups in total. The van der Waals surface area contributed by atoms with Gasteiger partial charge in [-0.1, -0.05) is 37.6 Å². The summed E-state index contributed by atoms with van der Waals surface area (Å²) in [6.45, 7) is 4.24. The van der Waals surface area contributed by atoms with Gasteiger partial charge in [0.15, 0.2) is 0 Å². The molecule has 3 heterocycles. The first-order valence-electron chi connectivity index (χ1n) is 9.23. The van der Waals surface area contributed by atoms with E-state index >= 15 is 0 Å². The molecule has 2 fully saturated rings. The number of nitrogens with one attached hydrogen (secondary N) is 1. The highest BCUT2D eigenvalue weighted by atomic mass is 35.5. The van der Waals surface area contributed by atoms with E-state index in [1.807, 2.05) is 13.8 Å². The van der Waals surface area contributed by atoms with Crippen molar-refractivity contribution in [1.82, 2.24) is 5.32 Å². The number of nitrogens with zero attached hydrogens (tertiary/aromatic N) is 1. The van der Waals surface area contributed by atoms with Crippen LogP contribution in [0.15, 0.2) is 36.4 Å². The predicted octanol–water partition coefficient (Wildman–Crippen LogP) is 2.54. The van der Waals surface area contributed by atoms with Gasteiger partial charge in [0, 0.05) is 5.02 Å². The molecule has 0 radical (unpaired) electrons. The van der Waals surface area contributed by atoms with Crippen LogP contribution in [0.2, 0.25) is 5.02 Å². The summed E-state index contributed by atoms with van der Waals surface area (Å²) in [5.74, 6) is -1.69. The van der Waals surface area contributed by atoms with Gasteiger partial charge >= 0.3 is 6.09 Å². The van der Waals surface area contributed by atoms with Crippen LogP contribution in [0.25, 0.3) is 0 Å². The summed E-state index contributed by atoms with van der Waals surface area (Å²) in [6, 6.07) is 6.56. The lowest BCUT2D eigenvalue weighted by Gasteiger charge is -2.29. The first-order chi connectivity index (χ1) is 13.3. The standard InChI is InChI=1S/C20H21ClN2O5/c1-11(2)9-27-19(26)22-10-20-8-7-14(28-20)15-16(20)18(25)23(17(15)24)13-5-3-12(21)4-6-13/h3-8,11,14-16H,9-10H2,1-2H3,(H,22,26)/t14-,15+,16-,20-/m0/s1. The Bertz CT molecular complexity index is 853. The maximum atomic E-state index is 13.2. The van der Waals surface area contributed by atoms with Crippen molar-refractivity contribution in [1.29, 1.82) is 0 Å². The fourth-order valence-electron chi connectivity index (χ4n) is 4.05. The van der Waals surface area contributed by atoms with Crippen molar-refractivity contribution in [3.63, 3.8) is 0 Å². The third kappa shape index (κ3) is 2.99. The van der Waals surface area contributed by atoms with Gasteiger partial charge in [-0.3, -0.25) is 9.59 Å². The van der Waals surface area contributed by atoms with Crippen molar-refractivity contribution >= 4 is 35.2 Å². The Morgan fingerprint density at radius 2 is 2.00 bits per heavy atom. The first kappa shape index (κ1) is 19.0. The molecule has 0 spiro atoms. The van der Waals surface area contributed by atoms with Crippen LogP contribution in [0.4, 0.5) is 10.5 Å². The monoisotopic (exact) mass is 404 g/mol. The lowest BCUT2D eigenvalue weighted by atomic mass is 9.77. The van der Waals surface area contributed by atoms with Gasteiger partial charge in [0.1, 0.15) is 5.60 Å². The highest BCUT2D eigenvalue weighted by Crippen LogP contribution is 2.52. The molecule has 3 amide bonds. The van der Waals surface area contributed by atoms with Gasteiger partial charge < -0.3 is 14.8 Å². The molecule has 7 nitrogen and oxygen atoms in total. The molecule has 0 aliphatic carbocycles. The average Bonchev–Trinajstić information content (AvgIpc) is 3.30. The van der Waals surface area contributed by atoms with Crippen LogP contribution in [0, 0.1) is 17.8 Å². The second-order valence-electron chi connectivity index (χ2n) is 7.73. The fourth-order valence-corrected chi connectivity index (χ4v) is 4.18. The van der Waals surface area contributed by atoms with Crippen LogP contribution < -0.4 is 10.2 Å². The summed E-state index contributed by atoms with van der Waals surface area (Å²) in [5, 5.41) is 3.19. The van der Waals surface area contributed by atoms with Crippen molar-refractivity contribution in [2.24, 2.45) is 17.8 Å². The minimum atomic E-state index is -1.04. The summed E-state index contributed by atoms with van der Waals surface area (Å²) in [4.78, 5) is 39.3. The number of hydrogen-bond donors (Lipinski definition) is 1. The lowest BCUT2D eigenvalue weighted by molar-refractivity contribution is -0.126. The van der Waals surface area contributed by atoms with Gasteiger partial charge in [-0.25, -0.2) is 9.69 Å². The molecule has 1 aromatic carbocycles. The van der Waals surface area contributed by atoms with Crippen molar-refractivity contribution in [2.75, 3.05) is 18.1 Å². The zero-order valence-corrected chi connectivity index (χ0v) is 16.3.